The lowest BCUT2D eigenvalue weighted by atomic mass is 10.1. The van der Waals surface area contributed by atoms with E-state index in [0.717, 1.165) is 31.6 Å². The Morgan fingerprint density at radius 1 is 1.50 bits per heavy atom. The van der Waals surface area contributed by atoms with Crippen molar-refractivity contribution in [1.29, 1.82) is 0 Å². The lowest BCUT2D eigenvalue weighted by Gasteiger charge is -2.25. The van der Waals surface area contributed by atoms with E-state index >= 15 is 0 Å². The molecule has 1 fully saturated rings. The van der Waals surface area contributed by atoms with Gasteiger partial charge in [0.25, 0.3) is 0 Å². The Hall–Kier alpha value is -1.82. The largest absolute Gasteiger partial charge is 0.338 e. The van der Waals surface area contributed by atoms with E-state index in [1.54, 1.807) is 11.3 Å². The number of urea groups is 1. The van der Waals surface area contributed by atoms with E-state index < -0.39 is 0 Å². The van der Waals surface area contributed by atoms with Crippen molar-refractivity contribution in [3.63, 3.8) is 0 Å². The molecule has 2 amide bonds. The molecule has 1 saturated heterocycles. The van der Waals surface area contributed by atoms with Gasteiger partial charge in [-0.3, -0.25) is 4.68 Å². The van der Waals surface area contributed by atoms with Crippen LogP contribution >= 0.6 is 11.3 Å². The second-order valence-electron chi connectivity index (χ2n) is 6.81. The second-order valence-corrected chi connectivity index (χ2v) is 7.59. The first-order chi connectivity index (χ1) is 11.5. The van der Waals surface area contributed by atoms with Gasteiger partial charge in [-0.1, -0.05) is 6.92 Å². The highest BCUT2D eigenvalue weighted by Gasteiger charge is 2.30. The number of aryl methyl sites for hydroxylation is 2. The van der Waals surface area contributed by atoms with Crippen molar-refractivity contribution in [2.75, 3.05) is 13.1 Å². The normalized spacial score (nSPS) is 18.8. The Kier molecular flexibility index (Phi) is 5.23. The van der Waals surface area contributed by atoms with Crippen molar-refractivity contribution in [2.45, 2.75) is 46.2 Å². The molecule has 0 spiro atoms. The molecule has 0 radical (unpaired) electrons. The molecule has 24 heavy (non-hydrogen) atoms. The van der Waals surface area contributed by atoms with Crippen LogP contribution in [0.3, 0.4) is 0 Å². The zero-order chi connectivity index (χ0) is 17.1. The van der Waals surface area contributed by atoms with Gasteiger partial charge < -0.3 is 10.2 Å². The molecule has 2 atom stereocenters. The molecule has 3 heterocycles. The Labute approximate surface area is 147 Å². The molecule has 0 saturated carbocycles. The Morgan fingerprint density at radius 3 is 3.00 bits per heavy atom. The van der Waals surface area contributed by atoms with Crippen LogP contribution in [0, 0.1) is 19.8 Å². The summed E-state index contributed by atoms with van der Waals surface area (Å²) in [4.78, 5) is 14.6. The van der Waals surface area contributed by atoms with Crippen LogP contribution in [0.25, 0.3) is 0 Å². The van der Waals surface area contributed by atoms with Crippen molar-refractivity contribution in [1.82, 2.24) is 20.0 Å². The van der Waals surface area contributed by atoms with Gasteiger partial charge in [-0.2, -0.15) is 16.4 Å². The molecular formula is C18H26N4OS. The predicted octanol–water partition coefficient (Wildman–Crippen LogP) is 3.74. The molecule has 0 aromatic carbocycles. The minimum Gasteiger partial charge on any atom is -0.338 e. The standard InChI is InChI=1S/C18H26N4OS/c1-13(11-22-15(3)9-14(2)20-22)10-19-18(23)21-7-4-5-17(21)16-6-8-24-12-16/h6,8-9,12-13,17H,4-5,7,10-11H2,1-3H3,(H,19,23)/t13-,17-/m0/s1. The van der Waals surface area contributed by atoms with Crippen LogP contribution in [0.5, 0.6) is 0 Å². The van der Waals surface area contributed by atoms with E-state index in [-0.39, 0.29) is 12.1 Å². The van der Waals surface area contributed by atoms with Gasteiger partial charge in [-0.05, 0) is 61.1 Å². The fraction of sp³-hybridized carbons (Fsp3) is 0.556. The van der Waals surface area contributed by atoms with E-state index in [2.05, 4.69) is 47.2 Å². The summed E-state index contributed by atoms with van der Waals surface area (Å²) < 4.78 is 2.02. The third-order valence-corrected chi connectivity index (χ3v) is 5.33. The number of carbonyl (C=O) groups is 1. The quantitative estimate of drug-likeness (QED) is 0.896. The van der Waals surface area contributed by atoms with E-state index in [4.69, 9.17) is 0 Å². The summed E-state index contributed by atoms with van der Waals surface area (Å²) in [5.74, 6) is 0.342. The van der Waals surface area contributed by atoms with E-state index in [9.17, 15) is 4.79 Å². The van der Waals surface area contributed by atoms with Gasteiger partial charge >= 0.3 is 6.03 Å². The van der Waals surface area contributed by atoms with Gasteiger partial charge in [-0.15, -0.1) is 0 Å². The topological polar surface area (TPSA) is 50.2 Å². The number of likely N-dealkylation sites (tertiary alicyclic amines) is 1. The molecule has 1 N–H and O–H groups in total. The maximum atomic E-state index is 12.6. The lowest BCUT2D eigenvalue weighted by molar-refractivity contribution is 0.191. The number of nitrogens with one attached hydrogen (secondary N) is 1. The van der Waals surface area contributed by atoms with Gasteiger partial charge in [-0.25, -0.2) is 4.79 Å². The summed E-state index contributed by atoms with van der Waals surface area (Å²) in [6.45, 7) is 8.57. The fourth-order valence-electron chi connectivity index (χ4n) is 3.40. The highest BCUT2D eigenvalue weighted by atomic mass is 32.1. The van der Waals surface area contributed by atoms with Crippen LogP contribution in [0.1, 0.15) is 42.8 Å². The Balaban J connectivity index is 1.52. The van der Waals surface area contributed by atoms with Gasteiger partial charge in [0.1, 0.15) is 0 Å². The van der Waals surface area contributed by atoms with E-state index in [1.165, 1.54) is 11.3 Å². The van der Waals surface area contributed by atoms with Gasteiger partial charge in [0.15, 0.2) is 0 Å². The molecule has 3 rings (SSSR count). The average Bonchev–Trinajstić information content (AvgIpc) is 3.25. The Bertz CT molecular complexity index is 679. The van der Waals surface area contributed by atoms with Gasteiger partial charge in [0.2, 0.25) is 0 Å². The molecule has 0 bridgehead atoms. The summed E-state index contributed by atoms with van der Waals surface area (Å²) in [6, 6.07) is 4.51. The smallest absolute Gasteiger partial charge is 0.317 e. The number of amides is 2. The third kappa shape index (κ3) is 3.80. The summed E-state index contributed by atoms with van der Waals surface area (Å²) in [7, 11) is 0. The number of rotatable bonds is 5. The first-order valence-corrected chi connectivity index (χ1v) is 9.56. The summed E-state index contributed by atoms with van der Waals surface area (Å²) in [5, 5.41) is 11.8. The van der Waals surface area contributed by atoms with Crippen molar-refractivity contribution >= 4 is 17.4 Å². The SMILES string of the molecule is Cc1cc(C)n(C[C@@H](C)CNC(=O)N2CCC[C@H]2c2ccsc2)n1. The van der Waals surface area contributed by atoms with Crippen LogP contribution in [0.2, 0.25) is 0 Å². The first kappa shape index (κ1) is 17.0. The Morgan fingerprint density at radius 2 is 2.33 bits per heavy atom. The highest BCUT2D eigenvalue weighted by Crippen LogP contribution is 2.32. The maximum absolute atomic E-state index is 12.6. The second kappa shape index (κ2) is 7.38. The molecule has 0 unspecified atom stereocenters. The van der Waals surface area contributed by atoms with Crippen LogP contribution in [0.15, 0.2) is 22.9 Å². The zero-order valence-electron chi connectivity index (χ0n) is 14.7. The molecule has 130 valence electrons. The number of carbonyl (C=O) groups excluding carboxylic acids is 1. The minimum absolute atomic E-state index is 0.0592. The van der Waals surface area contributed by atoms with Crippen LogP contribution in [-0.4, -0.2) is 33.8 Å². The van der Waals surface area contributed by atoms with E-state index in [1.807, 2.05) is 16.5 Å². The molecule has 1 aliphatic heterocycles. The fourth-order valence-corrected chi connectivity index (χ4v) is 4.11. The highest BCUT2D eigenvalue weighted by molar-refractivity contribution is 7.07. The average molecular weight is 346 g/mol. The number of hydrogen-bond donors (Lipinski definition) is 1. The molecule has 5 nitrogen and oxygen atoms in total. The lowest BCUT2D eigenvalue weighted by Crippen LogP contribution is -2.41. The predicted molar refractivity (Wildman–Crippen MR) is 97.3 cm³/mol. The molecule has 1 aliphatic rings. The number of nitrogens with zero attached hydrogens (tertiary/aromatic N) is 3. The van der Waals surface area contributed by atoms with Crippen LogP contribution in [0.4, 0.5) is 4.79 Å². The van der Waals surface area contributed by atoms with Crippen LogP contribution in [-0.2, 0) is 6.54 Å². The minimum atomic E-state index is 0.0592. The molecule has 2 aromatic rings. The summed E-state index contributed by atoms with van der Waals surface area (Å²) in [5.41, 5.74) is 3.48. The maximum Gasteiger partial charge on any atom is 0.317 e. The van der Waals surface area contributed by atoms with E-state index in [0.29, 0.717) is 12.5 Å². The monoisotopic (exact) mass is 346 g/mol. The molecular weight excluding hydrogens is 320 g/mol. The zero-order valence-corrected chi connectivity index (χ0v) is 15.5. The van der Waals surface area contributed by atoms with Crippen LogP contribution < -0.4 is 5.32 Å². The van der Waals surface area contributed by atoms with Crippen molar-refractivity contribution in [3.05, 3.63) is 39.8 Å². The number of aromatic nitrogens is 2. The number of hydrogen-bond acceptors (Lipinski definition) is 3. The third-order valence-electron chi connectivity index (χ3n) is 4.63. The molecule has 0 aliphatic carbocycles. The van der Waals surface area contributed by atoms with Gasteiger partial charge in [0, 0.05) is 25.3 Å². The first-order valence-electron chi connectivity index (χ1n) is 8.62. The van der Waals surface area contributed by atoms with Crippen molar-refractivity contribution < 1.29 is 4.79 Å². The summed E-state index contributed by atoms with van der Waals surface area (Å²) >= 11 is 1.69. The summed E-state index contributed by atoms with van der Waals surface area (Å²) in [6.07, 6.45) is 2.14. The molecule has 6 heteroatoms. The van der Waals surface area contributed by atoms with Crippen molar-refractivity contribution in [2.24, 2.45) is 5.92 Å². The van der Waals surface area contributed by atoms with Gasteiger partial charge in [0.05, 0.1) is 11.7 Å². The number of thiophene rings is 1. The van der Waals surface area contributed by atoms with Crippen molar-refractivity contribution in [3.8, 4) is 0 Å². The molecule has 2 aromatic heterocycles.